The van der Waals surface area contributed by atoms with Crippen LogP contribution in [0.25, 0.3) is 6.08 Å². The zero-order valence-electron chi connectivity index (χ0n) is 15.9. The molecule has 1 aliphatic rings. The smallest absolute Gasteiger partial charge is 0.404 e. The molecule has 0 unspecified atom stereocenters. The molecular weight excluding hydrogens is 372 g/mol. The number of phenols is 2. The van der Waals surface area contributed by atoms with Crippen molar-refractivity contribution in [1.82, 2.24) is 10.2 Å². The predicted octanol–water partition coefficient (Wildman–Crippen LogP) is 3.28. The quantitative estimate of drug-likeness (QED) is 0.458. The molecule has 1 aliphatic heterocycles. The van der Waals surface area contributed by atoms with Crippen LogP contribution >= 0.6 is 0 Å². The van der Waals surface area contributed by atoms with Gasteiger partial charge in [0, 0.05) is 25.7 Å². The van der Waals surface area contributed by atoms with E-state index in [1.54, 1.807) is 17.0 Å². The van der Waals surface area contributed by atoms with Crippen molar-refractivity contribution in [2.75, 3.05) is 13.1 Å². The molecule has 7 nitrogen and oxygen atoms in total. The van der Waals surface area contributed by atoms with Crippen molar-refractivity contribution in [3.8, 4) is 11.5 Å². The Kier molecular flexibility index (Phi) is 6.39. The third kappa shape index (κ3) is 5.51. The molecule has 152 valence electrons. The van der Waals surface area contributed by atoms with E-state index < -0.39 is 6.09 Å². The molecule has 7 heteroatoms. The first-order valence-electron chi connectivity index (χ1n) is 9.47. The number of rotatable bonds is 5. The second-order valence-corrected chi connectivity index (χ2v) is 7.08. The summed E-state index contributed by atoms with van der Waals surface area (Å²) in [5.41, 5.74) is 2.72. The summed E-state index contributed by atoms with van der Waals surface area (Å²) in [5.74, 6) is -0.170. The fourth-order valence-electron chi connectivity index (χ4n) is 3.48. The minimum Gasteiger partial charge on any atom is -0.504 e. The molecule has 0 aliphatic carbocycles. The maximum absolute atomic E-state index is 12.4. The average Bonchev–Trinajstić information content (AvgIpc) is 2.73. The Morgan fingerprint density at radius 1 is 1.07 bits per heavy atom. The van der Waals surface area contributed by atoms with E-state index in [0.717, 1.165) is 24.0 Å². The highest BCUT2D eigenvalue weighted by molar-refractivity contribution is 5.92. The number of amides is 2. The van der Waals surface area contributed by atoms with Gasteiger partial charge in [-0.1, -0.05) is 30.3 Å². The van der Waals surface area contributed by atoms with Crippen LogP contribution in [0, 0.1) is 0 Å². The van der Waals surface area contributed by atoms with Gasteiger partial charge in [0.15, 0.2) is 11.5 Å². The summed E-state index contributed by atoms with van der Waals surface area (Å²) in [6, 6.07) is 12.3. The number of piperidine rings is 1. The van der Waals surface area contributed by atoms with Crippen LogP contribution in [-0.2, 0) is 11.3 Å². The molecule has 1 saturated heterocycles. The molecule has 2 amide bonds. The fraction of sp³-hybridized carbons (Fsp3) is 0.273. The number of hydrogen-bond donors (Lipinski definition) is 4. The Labute approximate surface area is 168 Å². The first kappa shape index (κ1) is 20.3. The maximum Gasteiger partial charge on any atom is 0.404 e. The van der Waals surface area contributed by atoms with E-state index in [-0.39, 0.29) is 24.0 Å². The van der Waals surface area contributed by atoms with Gasteiger partial charge >= 0.3 is 6.09 Å². The number of carbonyl (C=O) groups is 2. The summed E-state index contributed by atoms with van der Waals surface area (Å²) >= 11 is 0. The van der Waals surface area contributed by atoms with Crippen molar-refractivity contribution in [3.05, 3.63) is 65.2 Å². The van der Waals surface area contributed by atoms with Crippen molar-refractivity contribution < 1.29 is 24.9 Å². The minimum absolute atomic E-state index is 0.0876. The second kappa shape index (κ2) is 9.14. The summed E-state index contributed by atoms with van der Waals surface area (Å²) in [4.78, 5) is 24.9. The van der Waals surface area contributed by atoms with Crippen LogP contribution < -0.4 is 5.32 Å². The molecule has 4 N–H and O–H groups in total. The monoisotopic (exact) mass is 396 g/mol. The zero-order valence-corrected chi connectivity index (χ0v) is 15.9. The average molecular weight is 396 g/mol. The van der Waals surface area contributed by atoms with Crippen molar-refractivity contribution in [2.24, 2.45) is 0 Å². The van der Waals surface area contributed by atoms with E-state index in [2.05, 4.69) is 5.32 Å². The Morgan fingerprint density at radius 3 is 2.52 bits per heavy atom. The molecule has 1 fully saturated rings. The van der Waals surface area contributed by atoms with Gasteiger partial charge in [0.2, 0.25) is 5.91 Å². The van der Waals surface area contributed by atoms with Crippen LogP contribution in [0.1, 0.15) is 35.4 Å². The highest BCUT2D eigenvalue weighted by Gasteiger charge is 2.22. The molecule has 0 spiro atoms. The van der Waals surface area contributed by atoms with E-state index in [1.165, 1.54) is 18.2 Å². The van der Waals surface area contributed by atoms with Gasteiger partial charge in [-0.05, 0) is 53.7 Å². The van der Waals surface area contributed by atoms with Crippen LogP contribution in [0.5, 0.6) is 11.5 Å². The summed E-state index contributed by atoms with van der Waals surface area (Å²) < 4.78 is 0. The molecule has 0 radical (unpaired) electrons. The molecule has 1 heterocycles. The third-order valence-corrected chi connectivity index (χ3v) is 5.09. The van der Waals surface area contributed by atoms with Gasteiger partial charge in [-0.3, -0.25) is 4.79 Å². The van der Waals surface area contributed by atoms with Crippen molar-refractivity contribution in [3.63, 3.8) is 0 Å². The van der Waals surface area contributed by atoms with Crippen LogP contribution in [0.15, 0.2) is 48.5 Å². The molecule has 3 rings (SSSR count). The summed E-state index contributed by atoms with van der Waals surface area (Å²) in [6.45, 7) is 1.57. The lowest BCUT2D eigenvalue weighted by atomic mass is 9.88. The molecule has 2 aromatic rings. The third-order valence-electron chi connectivity index (χ3n) is 5.09. The van der Waals surface area contributed by atoms with Crippen LogP contribution in [-0.4, -0.2) is 45.3 Å². The largest absolute Gasteiger partial charge is 0.504 e. The second-order valence-electron chi connectivity index (χ2n) is 7.08. The van der Waals surface area contributed by atoms with E-state index in [1.807, 2.05) is 24.3 Å². The molecular formula is C22H24N2O5. The van der Waals surface area contributed by atoms with Crippen LogP contribution in [0.2, 0.25) is 0 Å². The first-order chi connectivity index (χ1) is 13.9. The number of nitrogens with one attached hydrogen (secondary N) is 1. The standard InChI is InChI=1S/C22H24N2O5/c25-19-6-4-15(13-20(19)26)5-7-21(27)24-10-8-17(9-11-24)18-3-1-2-16(12-18)14-23-22(28)29/h1-7,12-13,17,23,25-26H,8-11,14H2,(H,28,29)/b7-5+. The Bertz CT molecular complexity index is 917. The lowest BCUT2D eigenvalue weighted by Gasteiger charge is -2.31. The van der Waals surface area contributed by atoms with Crippen molar-refractivity contribution in [2.45, 2.75) is 25.3 Å². The van der Waals surface area contributed by atoms with Gasteiger partial charge in [-0.15, -0.1) is 0 Å². The summed E-state index contributed by atoms with van der Waals surface area (Å²) in [6.07, 6.45) is 3.74. The molecule has 0 saturated carbocycles. The number of aromatic hydroxyl groups is 2. The van der Waals surface area contributed by atoms with Crippen molar-refractivity contribution >= 4 is 18.1 Å². The molecule has 0 bridgehead atoms. The number of carbonyl (C=O) groups excluding carboxylic acids is 1. The topological polar surface area (TPSA) is 110 Å². The van der Waals surface area contributed by atoms with E-state index in [4.69, 9.17) is 5.11 Å². The molecule has 0 aromatic heterocycles. The van der Waals surface area contributed by atoms with Gasteiger partial charge in [-0.25, -0.2) is 4.79 Å². The molecule has 29 heavy (non-hydrogen) atoms. The number of phenolic OH excluding ortho intramolecular Hbond substituents is 2. The van der Waals surface area contributed by atoms with Gasteiger partial charge in [-0.2, -0.15) is 0 Å². The lowest BCUT2D eigenvalue weighted by Crippen LogP contribution is -2.36. The molecule has 2 aromatic carbocycles. The normalized spacial score (nSPS) is 14.8. The summed E-state index contributed by atoms with van der Waals surface area (Å²) in [5, 5.41) is 30.0. The predicted molar refractivity (Wildman–Crippen MR) is 109 cm³/mol. The lowest BCUT2D eigenvalue weighted by molar-refractivity contribution is -0.126. The number of hydrogen-bond acceptors (Lipinski definition) is 4. The van der Waals surface area contributed by atoms with Gasteiger partial charge in [0.05, 0.1) is 0 Å². The van der Waals surface area contributed by atoms with Crippen LogP contribution in [0.3, 0.4) is 0 Å². The zero-order chi connectivity index (χ0) is 20.8. The van der Waals surface area contributed by atoms with E-state index >= 15 is 0 Å². The Balaban J connectivity index is 1.55. The Hall–Kier alpha value is -3.48. The molecule has 0 atom stereocenters. The van der Waals surface area contributed by atoms with Gasteiger partial charge in [0.25, 0.3) is 0 Å². The van der Waals surface area contributed by atoms with Gasteiger partial charge < -0.3 is 25.5 Å². The highest BCUT2D eigenvalue weighted by atomic mass is 16.4. The number of likely N-dealkylation sites (tertiary alicyclic amines) is 1. The number of carboxylic acid groups (broad SMARTS) is 1. The van der Waals surface area contributed by atoms with Crippen molar-refractivity contribution in [1.29, 1.82) is 0 Å². The number of nitrogens with zero attached hydrogens (tertiary/aromatic N) is 1. The Morgan fingerprint density at radius 2 is 1.83 bits per heavy atom. The van der Waals surface area contributed by atoms with E-state index in [9.17, 15) is 19.8 Å². The maximum atomic E-state index is 12.4. The minimum atomic E-state index is -1.04. The van der Waals surface area contributed by atoms with Crippen LogP contribution in [0.4, 0.5) is 4.79 Å². The fourth-order valence-corrected chi connectivity index (χ4v) is 3.48. The first-order valence-corrected chi connectivity index (χ1v) is 9.47. The highest BCUT2D eigenvalue weighted by Crippen LogP contribution is 2.29. The SMILES string of the molecule is O=C(O)NCc1cccc(C2CCN(C(=O)/C=C/c3ccc(O)c(O)c3)CC2)c1. The van der Waals surface area contributed by atoms with E-state index in [0.29, 0.717) is 24.6 Å². The van der Waals surface area contributed by atoms with Gasteiger partial charge in [0.1, 0.15) is 0 Å². The summed E-state index contributed by atoms with van der Waals surface area (Å²) in [7, 11) is 0. The number of benzene rings is 2.